The molecule has 84 valence electrons. The highest BCUT2D eigenvalue weighted by Gasteiger charge is 2.28. The maximum atomic E-state index is 10.3. The van der Waals surface area contributed by atoms with Gasteiger partial charge in [0.2, 0.25) is 0 Å². The van der Waals surface area contributed by atoms with Crippen LogP contribution in [0.5, 0.6) is 0 Å². The molecule has 0 aliphatic heterocycles. The van der Waals surface area contributed by atoms with Gasteiger partial charge in [0.05, 0.1) is 18.2 Å². The van der Waals surface area contributed by atoms with Gasteiger partial charge in [-0.2, -0.15) is 0 Å². The van der Waals surface area contributed by atoms with E-state index in [0.29, 0.717) is 11.9 Å². The van der Waals surface area contributed by atoms with Crippen LogP contribution in [0.3, 0.4) is 0 Å². The molecule has 3 rings (SSSR count). The Labute approximate surface area is 93.4 Å². The van der Waals surface area contributed by atoms with Gasteiger partial charge >= 0.3 is 0 Å². The fraction of sp³-hybridized carbons (Fsp3) is 0.455. The smallest absolute Gasteiger partial charge is 0.153 e. The summed E-state index contributed by atoms with van der Waals surface area (Å²) in [7, 11) is 1.88. The monoisotopic (exact) mass is 218 g/mol. The van der Waals surface area contributed by atoms with Crippen molar-refractivity contribution in [2.45, 2.75) is 25.0 Å². The Kier molecular flexibility index (Phi) is 2.07. The summed E-state index contributed by atoms with van der Waals surface area (Å²) in [6, 6.07) is 0.521. The fourth-order valence-corrected chi connectivity index (χ4v) is 1.96. The quantitative estimate of drug-likeness (QED) is 0.837. The summed E-state index contributed by atoms with van der Waals surface area (Å²) in [4.78, 5) is 8.27. The van der Waals surface area contributed by atoms with Crippen LogP contribution in [0, 0.1) is 0 Å². The van der Waals surface area contributed by atoms with Gasteiger partial charge in [-0.15, -0.1) is 0 Å². The number of rotatable bonds is 3. The Balaban J connectivity index is 1.97. The van der Waals surface area contributed by atoms with E-state index in [-0.39, 0.29) is 0 Å². The molecule has 1 N–H and O–H groups in total. The van der Waals surface area contributed by atoms with Crippen LogP contribution in [0.25, 0.3) is 0 Å². The van der Waals surface area contributed by atoms with Crippen molar-refractivity contribution >= 4 is 0 Å². The summed E-state index contributed by atoms with van der Waals surface area (Å²) in [6.45, 7) is 0. The second-order valence-corrected chi connectivity index (χ2v) is 4.26. The average molecular weight is 218 g/mol. The van der Waals surface area contributed by atoms with Gasteiger partial charge < -0.3 is 14.2 Å². The highest BCUT2D eigenvalue weighted by molar-refractivity contribution is 5.15. The molecule has 16 heavy (non-hydrogen) atoms. The first-order chi connectivity index (χ1) is 7.77. The van der Waals surface area contributed by atoms with Gasteiger partial charge in [-0.1, -0.05) is 0 Å². The first kappa shape index (κ1) is 9.59. The van der Waals surface area contributed by atoms with Gasteiger partial charge in [0.15, 0.2) is 6.10 Å². The standard InChI is InChI=1S/C11H14N4O/c1-14-5-4-13-11(14)10(16)9-6-12-7-15(9)8-2-3-8/h4-8,10,16H,2-3H2,1H3. The number of aromatic nitrogens is 4. The van der Waals surface area contributed by atoms with Crippen molar-refractivity contribution in [3.63, 3.8) is 0 Å². The van der Waals surface area contributed by atoms with E-state index in [1.807, 2.05) is 17.8 Å². The number of nitrogens with zero attached hydrogens (tertiary/aromatic N) is 4. The Morgan fingerprint density at radius 3 is 2.94 bits per heavy atom. The Hall–Kier alpha value is -1.62. The third-order valence-corrected chi connectivity index (χ3v) is 3.02. The maximum Gasteiger partial charge on any atom is 0.153 e. The molecule has 1 unspecified atom stereocenters. The molecule has 0 radical (unpaired) electrons. The summed E-state index contributed by atoms with van der Waals surface area (Å²) in [5.41, 5.74) is 0.830. The van der Waals surface area contributed by atoms with E-state index in [1.165, 1.54) is 12.8 Å². The first-order valence-corrected chi connectivity index (χ1v) is 5.44. The molecule has 0 amide bonds. The van der Waals surface area contributed by atoms with E-state index < -0.39 is 6.10 Å². The van der Waals surface area contributed by atoms with Crippen LogP contribution in [0.1, 0.15) is 36.5 Å². The van der Waals surface area contributed by atoms with Gasteiger partial charge in [0.25, 0.3) is 0 Å². The lowest BCUT2D eigenvalue weighted by Gasteiger charge is -2.13. The topological polar surface area (TPSA) is 55.9 Å². The van der Waals surface area contributed by atoms with E-state index in [2.05, 4.69) is 14.5 Å². The zero-order valence-electron chi connectivity index (χ0n) is 9.11. The molecule has 1 aliphatic carbocycles. The highest BCUT2D eigenvalue weighted by Crippen LogP contribution is 2.37. The van der Waals surface area contributed by atoms with Crippen LogP contribution in [-0.2, 0) is 7.05 Å². The molecule has 1 fully saturated rings. The van der Waals surface area contributed by atoms with E-state index in [9.17, 15) is 5.11 Å². The molecule has 0 aromatic carbocycles. The van der Waals surface area contributed by atoms with Crippen molar-refractivity contribution in [1.29, 1.82) is 0 Å². The highest BCUT2D eigenvalue weighted by atomic mass is 16.3. The zero-order chi connectivity index (χ0) is 11.1. The van der Waals surface area contributed by atoms with Crippen molar-refractivity contribution in [2.24, 2.45) is 7.05 Å². The molecular formula is C11H14N4O. The molecule has 2 heterocycles. The first-order valence-electron chi connectivity index (χ1n) is 5.44. The molecule has 0 saturated heterocycles. The number of aliphatic hydroxyl groups is 1. The second-order valence-electron chi connectivity index (χ2n) is 4.26. The molecule has 0 bridgehead atoms. The normalized spacial score (nSPS) is 17.6. The molecule has 2 aromatic heterocycles. The minimum atomic E-state index is -0.692. The number of hydrogen-bond acceptors (Lipinski definition) is 3. The number of imidazole rings is 2. The molecular weight excluding hydrogens is 204 g/mol. The third kappa shape index (κ3) is 1.44. The van der Waals surface area contributed by atoms with Crippen molar-refractivity contribution in [1.82, 2.24) is 19.1 Å². The van der Waals surface area contributed by atoms with Crippen LogP contribution < -0.4 is 0 Å². The molecule has 1 atom stereocenters. The largest absolute Gasteiger partial charge is 0.379 e. The van der Waals surface area contributed by atoms with Crippen molar-refractivity contribution in [2.75, 3.05) is 0 Å². The summed E-state index contributed by atoms with van der Waals surface area (Å²) in [6.07, 6.45) is 8.69. The molecule has 2 aromatic rings. The lowest BCUT2D eigenvalue weighted by atomic mass is 10.2. The number of aryl methyl sites for hydroxylation is 1. The SMILES string of the molecule is Cn1ccnc1C(O)c1cncn1C1CC1. The molecule has 5 nitrogen and oxygen atoms in total. The van der Waals surface area contributed by atoms with E-state index in [0.717, 1.165) is 5.69 Å². The predicted molar refractivity (Wildman–Crippen MR) is 57.8 cm³/mol. The van der Waals surface area contributed by atoms with Crippen LogP contribution in [0.15, 0.2) is 24.9 Å². The van der Waals surface area contributed by atoms with Gasteiger partial charge in [-0.05, 0) is 12.8 Å². The van der Waals surface area contributed by atoms with Gasteiger partial charge in [-0.25, -0.2) is 9.97 Å². The summed E-state index contributed by atoms with van der Waals surface area (Å²) in [5.74, 6) is 0.655. The minimum Gasteiger partial charge on any atom is -0.379 e. The van der Waals surface area contributed by atoms with Crippen LogP contribution in [0.4, 0.5) is 0 Å². The molecule has 1 aliphatic rings. The van der Waals surface area contributed by atoms with Crippen LogP contribution in [-0.4, -0.2) is 24.2 Å². The number of hydrogen-bond donors (Lipinski definition) is 1. The summed E-state index contributed by atoms with van der Waals surface area (Å²) < 4.78 is 3.88. The van der Waals surface area contributed by atoms with Gasteiger partial charge in [0, 0.05) is 25.5 Å². The average Bonchev–Trinajstić information content (AvgIpc) is 2.85. The van der Waals surface area contributed by atoms with Gasteiger partial charge in [0.1, 0.15) is 5.82 Å². The molecule has 0 spiro atoms. The summed E-state index contributed by atoms with van der Waals surface area (Å²) >= 11 is 0. The molecule has 1 saturated carbocycles. The van der Waals surface area contributed by atoms with E-state index in [1.54, 1.807) is 18.7 Å². The lowest BCUT2D eigenvalue weighted by Crippen LogP contribution is -2.11. The Morgan fingerprint density at radius 1 is 1.50 bits per heavy atom. The van der Waals surface area contributed by atoms with Crippen molar-refractivity contribution in [3.05, 3.63) is 36.4 Å². The fourth-order valence-electron chi connectivity index (χ4n) is 1.96. The van der Waals surface area contributed by atoms with Crippen molar-refractivity contribution in [3.8, 4) is 0 Å². The number of aliphatic hydroxyl groups excluding tert-OH is 1. The zero-order valence-corrected chi connectivity index (χ0v) is 9.11. The van der Waals surface area contributed by atoms with Crippen molar-refractivity contribution < 1.29 is 5.11 Å². The second kappa shape index (κ2) is 3.45. The maximum absolute atomic E-state index is 10.3. The lowest BCUT2D eigenvalue weighted by molar-refractivity contribution is 0.196. The Bertz CT molecular complexity index is 498. The van der Waals surface area contributed by atoms with Gasteiger partial charge in [-0.3, -0.25) is 0 Å². The Morgan fingerprint density at radius 2 is 2.31 bits per heavy atom. The summed E-state index contributed by atoms with van der Waals surface area (Å²) in [5, 5.41) is 10.3. The van der Waals surface area contributed by atoms with Crippen LogP contribution >= 0.6 is 0 Å². The molecule has 5 heteroatoms. The van der Waals surface area contributed by atoms with E-state index in [4.69, 9.17) is 0 Å². The minimum absolute atomic E-state index is 0.521. The van der Waals surface area contributed by atoms with Crippen LogP contribution in [0.2, 0.25) is 0 Å². The third-order valence-electron chi connectivity index (χ3n) is 3.02. The predicted octanol–water partition coefficient (Wildman–Crippen LogP) is 1.03. The van der Waals surface area contributed by atoms with E-state index >= 15 is 0 Å².